The Morgan fingerprint density at radius 1 is 0.905 bits per heavy atom. The van der Waals surface area contributed by atoms with E-state index in [2.05, 4.69) is 0 Å². The van der Waals surface area contributed by atoms with E-state index >= 15 is 0 Å². The molecule has 2 rings (SSSR count). The van der Waals surface area contributed by atoms with Crippen molar-refractivity contribution < 1.29 is 20.1 Å². The van der Waals surface area contributed by atoms with Crippen molar-refractivity contribution >= 4 is 5.78 Å². The molecule has 0 aliphatic heterocycles. The molecule has 0 atom stereocenters. The highest BCUT2D eigenvalue weighted by atomic mass is 16.7. The van der Waals surface area contributed by atoms with Crippen LogP contribution >= 0.6 is 0 Å². The van der Waals surface area contributed by atoms with Crippen LogP contribution in [0.25, 0.3) is 0 Å². The minimum Gasteiger partial charge on any atom is -0.344 e. The van der Waals surface area contributed by atoms with E-state index in [-0.39, 0.29) is 12.2 Å². The molecule has 0 aliphatic rings. The van der Waals surface area contributed by atoms with Gasteiger partial charge in [0, 0.05) is 17.5 Å². The Labute approximate surface area is 123 Å². The van der Waals surface area contributed by atoms with Crippen LogP contribution in [0.2, 0.25) is 0 Å². The summed E-state index contributed by atoms with van der Waals surface area (Å²) in [7, 11) is 0. The highest BCUT2D eigenvalue weighted by Gasteiger charge is 2.18. The predicted molar refractivity (Wildman–Crippen MR) is 78.6 cm³/mol. The highest BCUT2D eigenvalue weighted by molar-refractivity contribution is 6.09. The van der Waals surface area contributed by atoms with Crippen molar-refractivity contribution in [3.8, 4) is 0 Å². The summed E-state index contributed by atoms with van der Waals surface area (Å²) in [5.74, 6) is -2.72. The molecule has 0 saturated carbocycles. The number of aryl methyl sites for hydroxylation is 1. The van der Waals surface area contributed by atoms with Crippen molar-refractivity contribution in [1.82, 2.24) is 0 Å². The molecule has 0 radical (unpaired) electrons. The molecular formula is C17H18O4. The molecule has 4 nitrogen and oxygen atoms in total. The smallest absolute Gasteiger partial charge is 0.275 e. The summed E-state index contributed by atoms with van der Waals surface area (Å²) in [6.45, 7) is 0. The maximum absolute atomic E-state index is 12.5. The molecule has 0 amide bonds. The van der Waals surface area contributed by atoms with Gasteiger partial charge < -0.3 is 15.3 Å². The summed E-state index contributed by atoms with van der Waals surface area (Å²) < 4.78 is 0. The molecular weight excluding hydrogens is 268 g/mol. The second-order valence-electron chi connectivity index (χ2n) is 4.98. The van der Waals surface area contributed by atoms with Gasteiger partial charge in [-0.05, 0) is 18.4 Å². The van der Waals surface area contributed by atoms with E-state index in [0.29, 0.717) is 24.0 Å². The zero-order valence-corrected chi connectivity index (χ0v) is 11.6. The topological polar surface area (TPSA) is 77.8 Å². The molecule has 0 spiro atoms. The van der Waals surface area contributed by atoms with Crippen LogP contribution in [0, 0.1) is 0 Å². The second kappa shape index (κ2) is 6.63. The first-order chi connectivity index (χ1) is 9.97. The van der Waals surface area contributed by atoms with Crippen molar-refractivity contribution in [3.05, 3.63) is 71.3 Å². The maximum atomic E-state index is 12.5. The lowest BCUT2D eigenvalue weighted by Crippen LogP contribution is -2.26. The molecule has 110 valence electrons. The number of carbonyl (C=O) groups excluding carboxylic acids is 1. The van der Waals surface area contributed by atoms with E-state index in [0.717, 1.165) is 5.56 Å². The fourth-order valence-corrected chi connectivity index (χ4v) is 2.22. The van der Waals surface area contributed by atoms with Crippen molar-refractivity contribution in [2.75, 3.05) is 0 Å². The van der Waals surface area contributed by atoms with Gasteiger partial charge in [-0.1, -0.05) is 54.6 Å². The largest absolute Gasteiger partial charge is 0.344 e. The number of aliphatic hydroxyl groups is 3. The van der Waals surface area contributed by atoms with E-state index in [1.54, 1.807) is 24.3 Å². The Morgan fingerprint density at radius 2 is 1.52 bits per heavy atom. The number of hydrogen-bond donors (Lipinski definition) is 3. The Bertz CT molecular complexity index is 600. The summed E-state index contributed by atoms with van der Waals surface area (Å²) in [6, 6.07) is 16.2. The first kappa shape index (κ1) is 15.4. The zero-order valence-electron chi connectivity index (χ0n) is 11.6. The summed E-state index contributed by atoms with van der Waals surface area (Å²) in [6.07, 6.45) is 0.682. The van der Waals surface area contributed by atoms with Gasteiger partial charge in [-0.2, -0.15) is 0 Å². The molecule has 21 heavy (non-hydrogen) atoms. The number of hydrogen-bond acceptors (Lipinski definition) is 4. The SMILES string of the molecule is O=C(c1ccccc1)c1ccccc1CCCC(O)(O)O. The first-order valence-electron chi connectivity index (χ1n) is 6.82. The molecule has 2 aromatic rings. The van der Waals surface area contributed by atoms with Gasteiger partial charge in [0.05, 0.1) is 0 Å². The minimum absolute atomic E-state index is 0.0607. The molecule has 0 bridgehead atoms. The summed E-state index contributed by atoms with van der Waals surface area (Å²) >= 11 is 0. The van der Waals surface area contributed by atoms with Crippen LogP contribution < -0.4 is 0 Å². The minimum atomic E-state index is -2.65. The van der Waals surface area contributed by atoms with Gasteiger partial charge in [0.1, 0.15) is 0 Å². The third-order valence-corrected chi connectivity index (χ3v) is 3.26. The Kier molecular flexibility index (Phi) is 4.85. The van der Waals surface area contributed by atoms with E-state index in [4.69, 9.17) is 15.3 Å². The molecule has 0 aliphatic carbocycles. The molecule has 0 saturated heterocycles. The normalized spacial score (nSPS) is 11.4. The fourth-order valence-electron chi connectivity index (χ4n) is 2.22. The van der Waals surface area contributed by atoms with Gasteiger partial charge in [0.2, 0.25) is 0 Å². The Morgan fingerprint density at radius 3 is 2.19 bits per heavy atom. The number of carbonyl (C=O) groups is 1. The lowest BCUT2D eigenvalue weighted by molar-refractivity contribution is -0.314. The quantitative estimate of drug-likeness (QED) is 0.559. The Hall–Kier alpha value is -2.01. The van der Waals surface area contributed by atoms with Crippen LogP contribution in [-0.2, 0) is 6.42 Å². The lowest BCUT2D eigenvalue weighted by atomic mass is 9.95. The third kappa shape index (κ3) is 4.49. The van der Waals surface area contributed by atoms with Crippen molar-refractivity contribution in [3.63, 3.8) is 0 Å². The van der Waals surface area contributed by atoms with Crippen LogP contribution in [0.5, 0.6) is 0 Å². The van der Waals surface area contributed by atoms with Gasteiger partial charge in [-0.3, -0.25) is 4.79 Å². The number of benzene rings is 2. The van der Waals surface area contributed by atoms with E-state index < -0.39 is 5.97 Å². The number of ketones is 1. The molecule has 2 aromatic carbocycles. The molecule has 0 unspecified atom stereocenters. The maximum Gasteiger partial charge on any atom is 0.275 e. The average Bonchev–Trinajstić information content (AvgIpc) is 2.47. The zero-order chi connectivity index (χ0) is 15.3. The first-order valence-corrected chi connectivity index (χ1v) is 6.82. The van der Waals surface area contributed by atoms with Gasteiger partial charge >= 0.3 is 0 Å². The monoisotopic (exact) mass is 286 g/mol. The van der Waals surface area contributed by atoms with Gasteiger partial charge in [0.15, 0.2) is 5.78 Å². The van der Waals surface area contributed by atoms with Crippen LogP contribution in [0.3, 0.4) is 0 Å². The Balaban J connectivity index is 2.15. The summed E-state index contributed by atoms with van der Waals surface area (Å²) in [5.41, 5.74) is 2.05. The second-order valence-corrected chi connectivity index (χ2v) is 4.98. The lowest BCUT2D eigenvalue weighted by Gasteiger charge is -2.14. The van der Waals surface area contributed by atoms with Crippen LogP contribution in [-0.4, -0.2) is 27.1 Å². The van der Waals surface area contributed by atoms with Crippen molar-refractivity contribution in [2.45, 2.75) is 25.2 Å². The standard InChI is InChI=1S/C17H18O4/c18-16(14-8-2-1-3-9-14)15-11-5-4-7-13(15)10-6-12-17(19,20)21/h1-5,7-9,11,19-21H,6,10,12H2. The van der Waals surface area contributed by atoms with Gasteiger partial charge in [-0.15, -0.1) is 0 Å². The van der Waals surface area contributed by atoms with E-state index in [1.165, 1.54) is 0 Å². The predicted octanol–water partition coefficient (Wildman–Crippen LogP) is 1.87. The van der Waals surface area contributed by atoms with Crippen molar-refractivity contribution in [1.29, 1.82) is 0 Å². The third-order valence-electron chi connectivity index (χ3n) is 3.26. The van der Waals surface area contributed by atoms with Crippen LogP contribution in [0.15, 0.2) is 54.6 Å². The molecule has 0 aromatic heterocycles. The van der Waals surface area contributed by atoms with Crippen LogP contribution in [0.1, 0.15) is 34.3 Å². The molecule has 0 heterocycles. The highest BCUT2D eigenvalue weighted by Crippen LogP contribution is 2.18. The number of rotatable bonds is 6. The van der Waals surface area contributed by atoms with Crippen molar-refractivity contribution in [2.24, 2.45) is 0 Å². The van der Waals surface area contributed by atoms with E-state index in [9.17, 15) is 4.79 Å². The van der Waals surface area contributed by atoms with Gasteiger partial charge in [-0.25, -0.2) is 0 Å². The molecule has 3 N–H and O–H groups in total. The summed E-state index contributed by atoms with van der Waals surface area (Å²) in [5, 5.41) is 26.7. The molecule has 0 fully saturated rings. The van der Waals surface area contributed by atoms with Crippen LogP contribution in [0.4, 0.5) is 0 Å². The fraction of sp³-hybridized carbons (Fsp3) is 0.235. The average molecular weight is 286 g/mol. The van der Waals surface area contributed by atoms with Gasteiger partial charge in [0.25, 0.3) is 5.97 Å². The van der Waals surface area contributed by atoms with E-state index in [1.807, 2.05) is 30.3 Å². The molecule has 4 heteroatoms. The summed E-state index contributed by atoms with van der Waals surface area (Å²) in [4.78, 5) is 12.5.